The first-order valence-corrected chi connectivity index (χ1v) is 10.9. The van der Waals surface area contributed by atoms with Crippen molar-refractivity contribution < 1.29 is 4.74 Å². The number of hydrogen-bond acceptors (Lipinski definition) is 3. The van der Waals surface area contributed by atoms with E-state index >= 15 is 0 Å². The van der Waals surface area contributed by atoms with Crippen molar-refractivity contribution in [1.29, 1.82) is 0 Å². The van der Waals surface area contributed by atoms with Gasteiger partial charge in [0.2, 0.25) is 0 Å². The zero-order valence-electron chi connectivity index (χ0n) is 18.6. The molecule has 28 heavy (non-hydrogen) atoms. The molecule has 1 heterocycles. The molecule has 158 valence electrons. The summed E-state index contributed by atoms with van der Waals surface area (Å²) in [6.07, 6.45) is 3.59. The van der Waals surface area contributed by atoms with Gasteiger partial charge in [-0.25, -0.2) is 4.99 Å². The third kappa shape index (κ3) is 7.44. The second kappa shape index (κ2) is 12.1. The van der Waals surface area contributed by atoms with Crippen LogP contribution in [0.15, 0.2) is 29.3 Å². The maximum absolute atomic E-state index is 5.48. The number of nitrogens with zero attached hydrogens (tertiary/aromatic N) is 3. The first-order chi connectivity index (χ1) is 13.5. The molecule has 0 spiro atoms. The van der Waals surface area contributed by atoms with Crippen molar-refractivity contribution in [3.63, 3.8) is 0 Å². The number of guanidine groups is 1. The van der Waals surface area contributed by atoms with Crippen LogP contribution < -0.4 is 5.32 Å². The van der Waals surface area contributed by atoms with Crippen molar-refractivity contribution >= 4 is 5.96 Å². The molecule has 0 unspecified atom stereocenters. The highest BCUT2D eigenvalue weighted by molar-refractivity contribution is 5.79. The van der Waals surface area contributed by atoms with Gasteiger partial charge in [-0.2, -0.15) is 0 Å². The maximum Gasteiger partial charge on any atom is 0.193 e. The minimum absolute atomic E-state index is 0.533. The molecule has 5 nitrogen and oxygen atoms in total. The Kier molecular flexibility index (Phi) is 9.79. The number of ether oxygens (including phenoxy) is 1. The molecule has 1 aliphatic heterocycles. The van der Waals surface area contributed by atoms with Gasteiger partial charge >= 0.3 is 0 Å². The Morgan fingerprint density at radius 2 is 1.86 bits per heavy atom. The number of nitrogens with one attached hydrogen (secondary N) is 1. The Morgan fingerprint density at radius 3 is 2.50 bits per heavy atom. The lowest BCUT2D eigenvalue weighted by Crippen LogP contribution is -2.40. The van der Waals surface area contributed by atoms with Gasteiger partial charge in [0.15, 0.2) is 5.96 Å². The van der Waals surface area contributed by atoms with E-state index in [0.717, 1.165) is 44.7 Å². The zero-order valence-corrected chi connectivity index (χ0v) is 18.6. The van der Waals surface area contributed by atoms with Crippen molar-refractivity contribution in [1.82, 2.24) is 15.1 Å². The van der Waals surface area contributed by atoms with Gasteiger partial charge in [0.05, 0.1) is 6.54 Å². The third-order valence-electron chi connectivity index (χ3n) is 5.73. The monoisotopic (exact) mass is 388 g/mol. The molecule has 1 saturated heterocycles. The molecule has 0 atom stereocenters. The van der Waals surface area contributed by atoms with Gasteiger partial charge in [0.25, 0.3) is 0 Å². The van der Waals surface area contributed by atoms with Gasteiger partial charge in [-0.05, 0) is 64.1 Å². The minimum Gasteiger partial charge on any atom is -0.381 e. The summed E-state index contributed by atoms with van der Waals surface area (Å²) in [6, 6.07) is 9.21. The van der Waals surface area contributed by atoms with Gasteiger partial charge < -0.3 is 15.0 Å². The summed E-state index contributed by atoms with van der Waals surface area (Å²) >= 11 is 0. The smallest absolute Gasteiger partial charge is 0.193 e. The summed E-state index contributed by atoms with van der Waals surface area (Å²) in [4.78, 5) is 9.60. The molecule has 1 aromatic carbocycles. The van der Waals surface area contributed by atoms with E-state index in [1.54, 1.807) is 0 Å². The molecule has 1 fully saturated rings. The van der Waals surface area contributed by atoms with Crippen LogP contribution in [-0.4, -0.2) is 62.2 Å². The Balaban J connectivity index is 1.99. The largest absolute Gasteiger partial charge is 0.381 e. The minimum atomic E-state index is 0.533. The highest BCUT2D eigenvalue weighted by atomic mass is 16.5. The Morgan fingerprint density at radius 1 is 1.18 bits per heavy atom. The van der Waals surface area contributed by atoms with E-state index in [9.17, 15) is 0 Å². The van der Waals surface area contributed by atoms with Crippen LogP contribution in [0.1, 0.15) is 51.2 Å². The predicted octanol–water partition coefficient (Wildman–Crippen LogP) is 3.74. The topological polar surface area (TPSA) is 40.1 Å². The number of benzene rings is 1. The average molecular weight is 389 g/mol. The molecule has 1 aromatic rings. The maximum atomic E-state index is 5.48. The Labute approximate surface area is 172 Å². The summed E-state index contributed by atoms with van der Waals surface area (Å²) < 4.78 is 5.48. The molecule has 0 aromatic heterocycles. The summed E-state index contributed by atoms with van der Waals surface area (Å²) in [5.74, 6) is 1.79. The van der Waals surface area contributed by atoms with Crippen molar-refractivity contribution in [2.24, 2.45) is 10.9 Å². The molecular weight excluding hydrogens is 348 g/mol. The molecule has 0 bridgehead atoms. The van der Waals surface area contributed by atoms with Crippen LogP contribution in [0.3, 0.4) is 0 Å². The van der Waals surface area contributed by atoms with Crippen LogP contribution in [-0.2, 0) is 17.8 Å². The van der Waals surface area contributed by atoms with Crippen LogP contribution in [0, 0.1) is 5.92 Å². The highest BCUT2D eigenvalue weighted by Gasteiger charge is 2.15. The van der Waals surface area contributed by atoms with Gasteiger partial charge in [-0.3, -0.25) is 4.90 Å². The van der Waals surface area contributed by atoms with Gasteiger partial charge in [-0.1, -0.05) is 24.3 Å². The summed E-state index contributed by atoms with van der Waals surface area (Å²) in [6.45, 7) is 12.0. The first-order valence-electron chi connectivity index (χ1n) is 10.9. The van der Waals surface area contributed by atoms with Crippen LogP contribution in [0.2, 0.25) is 0 Å². The fourth-order valence-corrected chi connectivity index (χ4v) is 3.46. The van der Waals surface area contributed by atoms with E-state index < -0.39 is 0 Å². The molecular formula is C23H40N4O. The lowest BCUT2D eigenvalue weighted by atomic mass is 9.96. The summed E-state index contributed by atoms with van der Waals surface area (Å²) in [5, 5.41) is 3.46. The molecule has 1 aliphatic rings. The lowest BCUT2D eigenvalue weighted by Gasteiger charge is -2.27. The van der Waals surface area contributed by atoms with Crippen LogP contribution >= 0.6 is 0 Å². The first kappa shape index (κ1) is 22.7. The Hall–Kier alpha value is -1.59. The van der Waals surface area contributed by atoms with Crippen molar-refractivity contribution in [2.75, 3.05) is 40.4 Å². The molecule has 1 N–H and O–H groups in total. The normalized spacial score (nSPS) is 16.0. The Bertz CT molecular complexity index is 596. The fourth-order valence-electron chi connectivity index (χ4n) is 3.46. The molecule has 0 saturated carbocycles. The van der Waals surface area contributed by atoms with Gasteiger partial charge in [0.1, 0.15) is 0 Å². The van der Waals surface area contributed by atoms with E-state index in [0.29, 0.717) is 12.6 Å². The number of hydrogen-bond donors (Lipinski definition) is 1. The van der Waals surface area contributed by atoms with E-state index in [4.69, 9.17) is 9.73 Å². The fraction of sp³-hybridized carbons (Fsp3) is 0.696. The standard InChI is InChI=1S/C23H40N4O/c1-6-24-23(26(4)14-11-20-12-15-28-16-13-20)25-17-21-9-7-8-10-22(21)18-27(5)19(2)3/h7-10,19-20H,6,11-18H2,1-5H3,(H,24,25). The summed E-state index contributed by atoms with van der Waals surface area (Å²) in [7, 11) is 4.33. The molecule has 0 aliphatic carbocycles. The molecule has 2 rings (SSSR count). The van der Waals surface area contributed by atoms with E-state index in [2.05, 4.69) is 74.2 Å². The van der Waals surface area contributed by atoms with Crippen molar-refractivity contribution in [3.8, 4) is 0 Å². The third-order valence-corrected chi connectivity index (χ3v) is 5.73. The second-order valence-corrected chi connectivity index (χ2v) is 8.21. The average Bonchev–Trinajstić information content (AvgIpc) is 2.71. The second-order valence-electron chi connectivity index (χ2n) is 8.21. The molecule has 5 heteroatoms. The zero-order chi connectivity index (χ0) is 20.4. The quantitative estimate of drug-likeness (QED) is 0.517. The van der Waals surface area contributed by atoms with E-state index in [1.165, 1.54) is 30.4 Å². The SMILES string of the molecule is CCNC(=NCc1ccccc1CN(C)C(C)C)N(C)CCC1CCOCC1. The van der Waals surface area contributed by atoms with Crippen LogP contribution in [0.4, 0.5) is 0 Å². The predicted molar refractivity (Wildman–Crippen MR) is 119 cm³/mol. The van der Waals surface area contributed by atoms with E-state index in [1.807, 2.05) is 0 Å². The summed E-state index contributed by atoms with van der Waals surface area (Å²) in [5.41, 5.74) is 2.67. The van der Waals surface area contributed by atoms with Crippen LogP contribution in [0.5, 0.6) is 0 Å². The molecule has 0 amide bonds. The van der Waals surface area contributed by atoms with Gasteiger partial charge in [0, 0.05) is 45.9 Å². The van der Waals surface area contributed by atoms with Crippen molar-refractivity contribution in [3.05, 3.63) is 35.4 Å². The highest BCUT2D eigenvalue weighted by Crippen LogP contribution is 2.19. The van der Waals surface area contributed by atoms with Gasteiger partial charge in [-0.15, -0.1) is 0 Å². The lowest BCUT2D eigenvalue weighted by molar-refractivity contribution is 0.0625. The number of aliphatic imine (C=N–C) groups is 1. The van der Waals surface area contributed by atoms with Crippen LogP contribution in [0.25, 0.3) is 0 Å². The van der Waals surface area contributed by atoms with Crippen molar-refractivity contribution in [2.45, 2.75) is 59.2 Å². The van der Waals surface area contributed by atoms with E-state index in [-0.39, 0.29) is 0 Å². The molecule has 0 radical (unpaired) electrons. The number of rotatable bonds is 9.